The average Bonchev–Trinajstić information content (AvgIpc) is 2.37. The van der Waals surface area contributed by atoms with Crippen LogP contribution in [0.2, 0.25) is 0 Å². The summed E-state index contributed by atoms with van der Waals surface area (Å²) in [5, 5.41) is -0.108. The van der Waals surface area contributed by atoms with Gasteiger partial charge in [0, 0.05) is 11.3 Å². The molecule has 2 aromatic carbocycles. The van der Waals surface area contributed by atoms with Crippen LogP contribution >= 0.6 is 0 Å². The van der Waals surface area contributed by atoms with Crippen LogP contribution in [0, 0.1) is 23.5 Å². The molecule has 0 saturated carbocycles. The van der Waals surface area contributed by atoms with Crippen molar-refractivity contribution < 1.29 is 31.5 Å². The lowest BCUT2D eigenvalue weighted by Gasteiger charge is -2.05. The number of alkyl halides is 3. The van der Waals surface area contributed by atoms with Crippen LogP contribution in [0.1, 0.15) is 5.56 Å². The van der Waals surface area contributed by atoms with Crippen molar-refractivity contribution in [3.8, 4) is 17.6 Å². The van der Waals surface area contributed by atoms with Crippen molar-refractivity contribution in [1.29, 1.82) is 0 Å². The van der Waals surface area contributed by atoms with E-state index in [0.717, 1.165) is 18.1 Å². The van der Waals surface area contributed by atoms with E-state index in [9.17, 15) is 26.7 Å². The standard InChI is InChI=1S/C14H5F5O2/c15-12-6-8-5-9(21-7-20)1-2-10(8)13(16)11(12)3-4-14(17,18)19/h1-2,5-7H. The Morgan fingerprint density at radius 1 is 1.14 bits per heavy atom. The number of benzene rings is 2. The molecule has 0 heterocycles. The molecule has 0 spiro atoms. The molecule has 2 rings (SSSR count). The number of carbonyl (C=O) groups excluding carboxylic acids is 1. The largest absolute Gasteiger partial charge is 0.458 e. The molecule has 108 valence electrons. The van der Waals surface area contributed by atoms with Crippen molar-refractivity contribution in [3.63, 3.8) is 0 Å². The molecule has 2 nitrogen and oxygen atoms in total. The highest BCUT2D eigenvalue weighted by Gasteiger charge is 2.23. The quantitative estimate of drug-likeness (QED) is 0.481. The molecule has 0 bridgehead atoms. The Labute approximate surface area is 115 Å². The molecule has 0 aliphatic carbocycles. The summed E-state index contributed by atoms with van der Waals surface area (Å²) < 4.78 is 68.1. The zero-order valence-corrected chi connectivity index (χ0v) is 10.1. The Balaban J connectivity index is 2.62. The molecule has 0 amide bonds. The lowest BCUT2D eigenvalue weighted by Crippen LogP contribution is -2.02. The highest BCUT2D eigenvalue weighted by molar-refractivity contribution is 5.86. The molecule has 0 saturated heterocycles. The third-order valence-electron chi connectivity index (χ3n) is 2.51. The van der Waals surface area contributed by atoms with Crippen LogP contribution in [0.5, 0.6) is 5.75 Å². The highest BCUT2D eigenvalue weighted by Crippen LogP contribution is 2.27. The van der Waals surface area contributed by atoms with Gasteiger partial charge in [-0.1, -0.05) is 5.92 Å². The van der Waals surface area contributed by atoms with E-state index in [1.54, 1.807) is 0 Å². The smallest absolute Gasteiger partial charge is 0.429 e. The summed E-state index contributed by atoms with van der Waals surface area (Å²) in [6.45, 7) is 0.136. The van der Waals surface area contributed by atoms with Gasteiger partial charge in [-0.2, -0.15) is 13.2 Å². The van der Waals surface area contributed by atoms with Crippen LogP contribution in [-0.2, 0) is 4.79 Å². The molecule has 0 fully saturated rings. The van der Waals surface area contributed by atoms with Crippen LogP contribution in [0.3, 0.4) is 0 Å². The van der Waals surface area contributed by atoms with E-state index in [1.807, 2.05) is 0 Å². The maximum absolute atomic E-state index is 14.0. The highest BCUT2D eigenvalue weighted by atomic mass is 19.4. The topological polar surface area (TPSA) is 26.3 Å². The summed E-state index contributed by atoms with van der Waals surface area (Å²) in [5.74, 6) is -0.142. The second-order valence-electron chi connectivity index (χ2n) is 3.89. The van der Waals surface area contributed by atoms with Gasteiger partial charge in [0.2, 0.25) is 0 Å². The van der Waals surface area contributed by atoms with E-state index in [1.165, 1.54) is 18.1 Å². The summed E-state index contributed by atoms with van der Waals surface area (Å²) in [5.41, 5.74) is -0.969. The summed E-state index contributed by atoms with van der Waals surface area (Å²) in [7, 11) is 0. The molecule has 0 radical (unpaired) electrons. The summed E-state index contributed by atoms with van der Waals surface area (Å²) in [6.07, 6.45) is -4.85. The number of hydrogen-bond acceptors (Lipinski definition) is 2. The lowest BCUT2D eigenvalue weighted by atomic mass is 10.0. The van der Waals surface area contributed by atoms with E-state index in [0.29, 0.717) is 0 Å². The fraction of sp³-hybridized carbons (Fsp3) is 0.0714. The number of rotatable bonds is 2. The summed E-state index contributed by atoms with van der Waals surface area (Å²) >= 11 is 0. The first kappa shape index (κ1) is 14.8. The Morgan fingerprint density at radius 3 is 2.48 bits per heavy atom. The summed E-state index contributed by atoms with van der Waals surface area (Å²) in [4.78, 5) is 10.2. The molecule has 2 aromatic rings. The molecule has 0 aliphatic rings. The molecule has 0 N–H and O–H groups in total. The fourth-order valence-corrected chi connectivity index (χ4v) is 1.69. The second kappa shape index (κ2) is 5.40. The van der Waals surface area contributed by atoms with Crippen LogP contribution in [0.15, 0.2) is 24.3 Å². The van der Waals surface area contributed by atoms with Gasteiger partial charge in [0.1, 0.15) is 17.4 Å². The fourth-order valence-electron chi connectivity index (χ4n) is 1.69. The van der Waals surface area contributed by atoms with E-state index in [-0.39, 0.29) is 23.0 Å². The zero-order chi connectivity index (χ0) is 15.6. The number of ether oxygens (including phenoxy) is 1. The maximum Gasteiger partial charge on any atom is 0.458 e. The van der Waals surface area contributed by atoms with Crippen LogP contribution in [0.25, 0.3) is 10.8 Å². The van der Waals surface area contributed by atoms with Crippen molar-refractivity contribution in [2.75, 3.05) is 0 Å². The molecular formula is C14H5F5O2. The molecule has 0 aliphatic heterocycles. The molecule has 21 heavy (non-hydrogen) atoms. The van der Waals surface area contributed by atoms with Crippen LogP contribution < -0.4 is 4.74 Å². The Kier molecular flexibility index (Phi) is 3.80. The van der Waals surface area contributed by atoms with Gasteiger partial charge < -0.3 is 4.74 Å². The van der Waals surface area contributed by atoms with Gasteiger partial charge in [-0.25, -0.2) is 8.78 Å². The number of fused-ring (bicyclic) bond motifs is 1. The Hall–Kier alpha value is -2.62. The predicted octanol–water partition coefficient (Wildman–Crippen LogP) is 3.57. The van der Waals surface area contributed by atoms with Crippen molar-refractivity contribution in [2.24, 2.45) is 0 Å². The van der Waals surface area contributed by atoms with Gasteiger partial charge in [0.25, 0.3) is 6.47 Å². The van der Waals surface area contributed by atoms with Crippen LogP contribution in [-0.4, -0.2) is 12.6 Å². The molecule has 0 aromatic heterocycles. The van der Waals surface area contributed by atoms with Crippen molar-refractivity contribution in [3.05, 3.63) is 41.5 Å². The monoisotopic (exact) mass is 300 g/mol. The van der Waals surface area contributed by atoms with Crippen molar-refractivity contribution in [2.45, 2.75) is 6.18 Å². The van der Waals surface area contributed by atoms with E-state index in [2.05, 4.69) is 4.74 Å². The van der Waals surface area contributed by atoms with Gasteiger partial charge in [-0.15, -0.1) is 0 Å². The SMILES string of the molecule is O=COc1ccc2c(F)c(C#CC(F)(F)F)c(F)cc2c1. The second-order valence-corrected chi connectivity index (χ2v) is 3.89. The molecule has 7 heteroatoms. The molecular weight excluding hydrogens is 295 g/mol. The van der Waals surface area contributed by atoms with Gasteiger partial charge in [-0.05, 0) is 29.7 Å². The normalized spacial score (nSPS) is 10.9. The molecule has 0 atom stereocenters. The maximum atomic E-state index is 14.0. The zero-order valence-electron chi connectivity index (χ0n) is 10.1. The third-order valence-corrected chi connectivity index (χ3v) is 2.51. The lowest BCUT2D eigenvalue weighted by molar-refractivity contribution is -0.120. The average molecular weight is 300 g/mol. The Bertz CT molecular complexity index is 769. The van der Waals surface area contributed by atoms with Gasteiger partial charge in [-0.3, -0.25) is 4.79 Å². The number of hydrogen-bond donors (Lipinski definition) is 0. The van der Waals surface area contributed by atoms with E-state index < -0.39 is 23.4 Å². The first-order chi connectivity index (χ1) is 9.81. The van der Waals surface area contributed by atoms with E-state index in [4.69, 9.17) is 0 Å². The minimum atomic E-state index is -4.85. The minimum absolute atomic E-state index is 0.0295. The Morgan fingerprint density at radius 2 is 1.86 bits per heavy atom. The van der Waals surface area contributed by atoms with Crippen LogP contribution in [0.4, 0.5) is 22.0 Å². The van der Waals surface area contributed by atoms with Crippen molar-refractivity contribution >= 4 is 17.2 Å². The third kappa shape index (κ3) is 3.28. The first-order valence-electron chi connectivity index (χ1n) is 5.44. The van der Waals surface area contributed by atoms with Crippen molar-refractivity contribution in [1.82, 2.24) is 0 Å². The minimum Gasteiger partial charge on any atom is -0.429 e. The summed E-state index contributed by atoms with van der Waals surface area (Å²) in [6, 6.07) is 4.37. The van der Waals surface area contributed by atoms with Gasteiger partial charge in [0.15, 0.2) is 0 Å². The molecule has 0 unspecified atom stereocenters. The van der Waals surface area contributed by atoms with Gasteiger partial charge in [0.05, 0.1) is 5.56 Å². The van der Waals surface area contributed by atoms with E-state index >= 15 is 0 Å². The predicted molar refractivity (Wildman–Crippen MR) is 63.5 cm³/mol. The van der Waals surface area contributed by atoms with Gasteiger partial charge >= 0.3 is 6.18 Å². The number of halogens is 5. The first-order valence-corrected chi connectivity index (χ1v) is 5.44. The number of carbonyl (C=O) groups is 1.